The fourth-order valence-corrected chi connectivity index (χ4v) is 4.42. The summed E-state index contributed by atoms with van der Waals surface area (Å²) >= 11 is 12.4. The van der Waals surface area contributed by atoms with Gasteiger partial charge in [0.05, 0.1) is 22.2 Å². The van der Waals surface area contributed by atoms with Crippen LogP contribution in [0.25, 0.3) is 0 Å². The van der Waals surface area contributed by atoms with E-state index in [1.807, 2.05) is 42.2 Å². The predicted octanol–water partition coefficient (Wildman–Crippen LogP) is 5.29. The van der Waals surface area contributed by atoms with E-state index in [1.54, 1.807) is 24.4 Å². The second-order valence-corrected chi connectivity index (χ2v) is 8.92. The van der Waals surface area contributed by atoms with Gasteiger partial charge in [-0.3, -0.25) is 9.78 Å². The smallest absolute Gasteiger partial charge is 0.272 e. The zero-order valence-corrected chi connectivity index (χ0v) is 19.6. The highest BCUT2D eigenvalue weighted by atomic mass is 35.5. The fourth-order valence-electron chi connectivity index (χ4n) is 4.11. The van der Waals surface area contributed by atoms with Crippen LogP contribution < -0.4 is 4.74 Å². The van der Waals surface area contributed by atoms with Gasteiger partial charge in [0.25, 0.3) is 5.91 Å². The number of carbonyl (C=O) groups is 1. The summed E-state index contributed by atoms with van der Waals surface area (Å²) in [6, 6.07) is 14.7. The third-order valence-corrected chi connectivity index (χ3v) is 6.58. The van der Waals surface area contributed by atoms with E-state index in [0.29, 0.717) is 46.9 Å². The first-order valence-electron chi connectivity index (χ1n) is 10.6. The Morgan fingerprint density at radius 1 is 1.15 bits per heavy atom. The summed E-state index contributed by atoms with van der Waals surface area (Å²) in [6.07, 6.45) is 3.86. The molecule has 1 amide bonds. The molecule has 2 atom stereocenters. The van der Waals surface area contributed by atoms with E-state index in [1.165, 1.54) is 6.20 Å². The van der Waals surface area contributed by atoms with Crippen molar-refractivity contribution in [3.63, 3.8) is 0 Å². The molecule has 2 aromatic heterocycles. The van der Waals surface area contributed by atoms with Crippen LogP contribution in [0.15, 0.2) is 54.9 Å². The lowest BCUT2D eigenvalue weighted by Crippen LogP contribution is -2.29. The number of hydrogen-bond acceptors (Lipinski definition) is 5. The standard InChI is InChI=1S/C25H22Cl2N4O2/c1-16-6-8-29-23(10-16)25(32)31-14-19(7-9-33-24-5-2-17(12-28)13-30-24)20(15-31)18-3-4-21(26)22(27)11-18/h2-6,8,10-11,13,19-20H,7,9,14-15H2,1H3. The summed E-state index contributed by atoms with van der Waals surface area (Å²) in [5, 5.41) is 9.90. The maximum absolute atomic E-state index is 13.1. The molecule has 3 heterocycles. The normalized spacial score (nSPS) is 17.6. The van der Waals surface area contributed by atoms with Crippen molar-refractivity contribution in [3.05, 3.63) is 87.3 Å². The number of nitriles is 1. The Morgan fingerprint density at radius 2 is 2.00 bits per heavy atom. The topological polar surface area (TPSA) is 79.1 Å². The van der Waals surface area contributed by atoms with Crippen molar-refractivity contribution in [2.75, 3.05) is 19.7 Å². The van der Waals surface area contributed by atoms with E-state index in [0.717, 1.165) is 17.5 Å². The number of halogens is 2. The van der Waals surface area contributed by atoms with E-state index in [-0.39, 0.29) is 17.7 Å². The van der Waals surface area contributed by atoms with Crippen LogP contribution in [0.2, 0.25) is 10.0 Å². The molecule has 0 bridgehead atoms. The average Bonchev–Trinajstić information content (AvgIpc) is 3.25. The Hall–Kier alpha value is -3.14. The Morgan fingerprint density at radius 3 is 2.70 bits per heavy atom. The van der Waals surface area contributed by atoms with Gasteiger partial charge in [0.1, 0.15) is 11.8 Å². The third kappa shape index (κ3) is 5.44. The van der Waals surface area contributed by atoms with Crippen LogP contribution in [-0.4, -0.2) is 40.5 Å². The van der Waals surface area contributed by atoms with Crippen LogP contribution in [0.1, 0.15) is 39.5 Å². The van der Waals surface area contributed by atoms with Gasteiger partial charge < -0.3 is 9.64 Å². The van der Waals surface area contributed by atoms with E-state index in [9.17, 15) is 4.79 Å². The van der Waals surface area contributed by atoms with Crippen molar-refractivity contribution < 1.29 is 9.53 Å². The van der Waals surface area contributed by atoms with Crippen molar-refractivity contribution >= 4 is 29.1 Å². The lowest BCUT2D eigenvalue weighted by Gasteiger charge is -2.19. The minimum absolute atomic E-state index is 0.0825. The van der Waals surface area contributed by atoms with Crippen LogP contribution in [0.5, 0.6) is 5.88 Å². The van der Waals surface area contributed by atoms with Gasteiger partial charge in [-0.1, -0.05) is 29.3 Å². The number of rotatable bonds is 6. The van der Waals surface area contributed by atoms with Crippen LogP contribution in [0.4, 0.5) is 0 Å². The second-order valence-electron chi connectivity index (χ2n) is 8.10. The number of aromatic nitrogens is 2. The first kappa shape index (κ1) is 23.0. The molecule has 1 aliphatic rings. The molecule has 0 radical (unpaired) electrons. The summed E-state index contributed by atoms with van der Waals surface area (Å²) < 4.78 is 5.81. The minimum atomic E-state index is -0.0825. The Bertz CT molecular complexity index is 1190. The molecule has 33 heavy (non-hydrogen) atoms. The van der Waals surface area contributed by atoms with Crippen molar-refractivity contribution in [2.24, 2.45) is 5.92 Å². The summed E-state index contributed by atoms with van der Waals surface area (Å²) in [6.45, 7) is 3.53. The van der Waals surface area contributed by atoms with E-state index in [4.69, 9.17) is 33.2 Å². The molecule has 2 unspecified atom stereocenters. The largest absolute Gasteiger partial charge is 0.478 e. The quantitative estimate of drug-likeness (QED) is 0.478. The van der Waals surface area contributed by atoms with Gasteiger partial charge in [0.15, 0.2) is 0 Å². The van der Waals surface area contributed by atoms with Gasteiger partial charge in [0, 0.05) is 37.5 Å². The molecule has 0 spiro atoms. The van der Waals surface area contributed by atoms with Crippen LogP contribution >= 0.6 is 23.2 Å². The zero-order chi connectivity index (χ0) is 23.4. The van der Waals surface area contributed by atoms with Crippen LogP contribution in [-0.2, 0) is 0 Å². The van der Waals surface area contributed by atoms with Crippen LogP contribution in [0, 0.1) is 24.2 Å². The molecule has 0 N–H and O–H groups in total. The SMILES string of the molecule is Cc1ccnc(C(=O)N2CC(CCOc3ccc(C#N)cn3)C(c3ccc(Cl)c(Cl)c3)C2)c1. The maximum atomic E-state index is 13.1. The number of carbonyl (C=O) groups excluding carboxylic acids is 1. The molecule has 4 rings (SSSR count). The molecular weight excluding hydrogens is 459 g/mol. The molecular formula is C25H22Cl2N4O2. The first-order valence-corrected chi connectivity index (χ1v) is 11.4. The monoisotopic (exact) mass is 480 g/mol. The highest BCUT2D eigenvalue weighted by molar-refractivity contribution is 6.42. The number of ether oxygens (including phenoxy) is 1. The molecule has 1 aliphatic heterocycles. The van der Waals surface area contributed by atoms with E-state index >= 15 is 0 Å². The molecule has 3 aromatic rings. The van der Waals surface area contributed by atoms with Crippen LogP contribution in [0.3, 0.4) is 0 Å². The molecule has 0 saturated carbocycles. The summed E-state index contributed by atoms with van der Waals surface area (Å²) in [5.74, 6) is 0.636. The second kappa shape index (κ2) is 10.2. The molecule has 1 fully saturated rings. The Labute approximate surface area is 202 Å². The molecule has 168 valence electrons. The number of benzene rings is 1. The summed E-state index contributed by atoms with van der Waals surface area (Å²) in [5.41, 5.74) is 2.96. The van der Waals surface area contributed by atoms with Crippen molar-refractivity contribution in [1.29, 1.82) is 5.26 Å². The Kier molecular flexibility index (Phi) is 7.12. The highest BCUT2D eigenvalue weighted by Crippen LogP contribution is 2.37. The average molecular weight is 481 g/mol. The number of nitrogens with zero attached hydrogens (tertiary/aromatic N) is 4. The molecule has 6 nitrogen and oxygen atoms in total. The number of likely N-dealkylation sites (tertiary alicyclic amines) is 1. The number of hydrogen-bond donors (Lipinski definition) is 0. The predicted molar refractivity (Wildman–Crippen MR) is 127 cm³/mol. The molecule has 8 heteroatoms. The van der Waals surface area contributed by atoms with Gasteiger partial charge in [-0.25, -0.2) is 4.98 Å². The van der Waals surface area contributed by atoms with Crippen molar-refractivity contribution in [2.45, 2.75) is 19.3 Å². The lowest BCUT2D eigenvalue weighted by molar-refractivity contribution is 0.0778. The lowest BCUT2D eigenvalue weighted by atomic mass is 9.87. The fraction of sp³-hybridized carbons (Fsp3) is 0.280. The van der Waals surface area contributed by atoms with Gasteiger partial charge >= 0.3 is 0 Å². The van der Waals surface area contributed by atoms with Gasteiger partial charge in [-0.2, -0.15) is 5.26 Å². The van der Waals surface area contributed by atoms with Crippen molar-refractivity contribution in [3.8, 4) is 11.9 Å². The van der Waals surface area contributed by atoms with E-state index in [2.05, 4.69) is 9.97 Å². The number of pyridine rings is 2. The summed E-state index contributed by atoms with van der Waals surface area (Å²) in [4.78, 5) is 23.4. The van der Waals surface area contributed by atoms with Gasteiger partial charge in [-0.15, -0.1) is 0 Å². The zero-order valence-electron chi connectivity index (χ0n) is 18.0. The molecule has 0 aliphatic carbocycles. The summed E-state index contributed by atoms with van der Waals surface area (Å²) in [7, 11) is 0. The van der Waals surface area contributed by atoms with Gasteiger partial charge in [-0.05, 0) is 60.7 Å². The first-order chi connectivity index (χ1) is 15.9. The molecule has 1 saturated heterocycles. The maximum Gasteiger partial charge on any atom is 0.272 e. The third-order valence-electron chi connectivity index (χ3n) is 5.84. The minimum Gasteiger partial charge on any atom is -0.478 e. The Balaban J connectivity index is 1.50. The number of amides is 1. The van der Waals surface area contributed by atoms with Gasteiger partial charge in [0.2, 0.25) is 5.88 Å². The van der Waals surface area contributed by atoms with E-state index < -0.39 is 0 Å². The van der Waals surface area contributed by atoms with Crippen molar-refractivity contribution in [1.82, 2.24) is 14.9 Å². The molecule has 1 aromatic carbocycles. The number of aryl methyl sites for hydroxylation is 1. The highest BCUT2D eigenvalue weighted by Gasteiger charge is 2.37.